The van der Waals surface area contributed by atoms with Crippen LogP contribution >= 0.6 is 22.9 Å². The van der Waals surface area contributed by atoms with Gasteiger partial charge in [0.2, 0.25) is 0 Å². The Bertz CT molecular complexity index is 269. The van der Waals surface area contributed by atoms with Crippen molar-refractivity contribution in [3.05, 3.63) is 16.1 Å². The molecule has 11 heavy (non-hydrogen) atoms. The Morgan fingerprint density at radius 3 is 2.64 bits per heavy atom. The maximum atomic E-state index is 10.6. The monoisotopic (exact) mass is 189 g/mol. The van der Waals surface area contributed by atoms with Gasteiger partial charge < -0.3 is 0 Å². The van der Waals surface area contributed by atoms with Crippen LogP contribution in [0.5, 0.6) is 0 Å². The van der Waals surface area contributed by atoms with Crippen LogP contribution < -0.4 is 0 Å². The van der Waals surface area contributed by atoms with Crippen molar-refractivity contribution < 1.29 is 4.79 Å². The van der Waals surface area contributed by atoms with Crippen molar-refractivity contribution in [2.24, 2.45) is 0 Å². The number of halogens is 1. The second-order valence-electron chi connectivity index (χ2n) is 2.50. The lowest BCUT2D eigenvalue weighted by atomic mass is 10.2. The Morgan fingerprint density at radius 1 is 1.73 bits per heavy atom. The highest BCUT2D eigenvalue weighted by Crippen LogP contribution is 2.22. The summed E-state index contributed by atoms with van der Waals surface area (Å²) < 4.78 is 0. The van der Waals surface area contributed by atoms with Gasteiger partial charge in [0.25, 0.3) is 5.24 Å². The van der Waals surface area contributed by atoms with Crippen molar-refractivity contribution >= 4 is 28.2 Å². The highest BCUT2D eigenvalue weighted by molar-refractivity contribution is 7.15. The summed E-state index contributed by atoms with van der Waals surface area (Å²) in [5, 5.41) is -0.0859. The molecule has 0 aromatic carbocycles. The number of thiazole rings is 1. The zero-order valence-electron chi connectivity index (χ0n) is 6.30. The second kappa shape index (κ2) is 3.32. The number of aromatic nitrogens is 1. The van der Waals surface area contributed by atoms with Gasteiger partial charge in [-0.2, -0.15) is 0 Å². The molecule has 60 valence electrons. The molecule has 0 aliphatic carbocycles. The molecule has 0 spiro atoms. The number of hydrogen-bond donors (Lipinski definition) is 0. The standard InChI is InChI=1S/C7H8ClNOS/c1-4(2)5-3-9-7(11-5)6(8)10/h3-4H,1-2H3. The molecule has 0 unspecified atom stereocenters. The lowest BCUT2D eigenvalue weighted by Crippen LogP contribution is -1.83. The molecule has 0 aliphatic rings. The van der Waals surface area contributed by atoms with Gasteiger partial charge in [-0.1, -0.05) is 13.8 Å². The Kier molecular flexibility index (Phi) is 2.62. The van der Waals surface area contributed by atoms with Crippen LogP contribution in [0.2, 0.25) is 0 Å². The topological polar surface area (TPSA) is 30.0 Å². The molecular formula is C7H8ClNOS. The smallest absolute Gasteiger partial charge is 0.273 e. The highest BCUT2D eigenvalue weighted by atomic mass is 35.5. The van der Waals surface area contributed by atoms with Gasteiger partial charge in [-0.15, -0.1) is 11.3 Å². The van der Waals surface area contributed by atoms with E-state index in [1.165, 1.54) is 11.3 Å². The normalized spacial score (nSPS) is 10.5. The van der Waals surface area contributed by atoms with E-state index in [4.69, 9.17) is 11.6 Å². The number of rotatable bonds is 2. The molecule has 1 aromatic heterocycles. The molecule has 1 aromatic rings. The SMILES string of the molecule is CC(C)c1cnc(C(=O)Cl)s1. The minimum absolute atomic E-state index is 0.385. The number of carbonyl (C=O) groups excluding carboxylic acids is 1. The van der Waals surface area contributed by atoms with Crippen LogP contribution in [-0.2, 0) is 0 Å². The van der Waals surface area contributed by atoms with Crippen molar-refractivity contribution in [1.29, 1.82) is 0 Å². The fourth-order valence-electron chi connectivity index (χ4n) is 0.644. The van der Waals surface area contributed by atoms with Crippen LogP contribution in [0.25, 0.3) is 0 Å². The summed E-state index contributed by atoms with van der Waals surface area (Å²) >= 11 is 6.59. The molecule has 0 amide bonds. The summed E-state index contributed by atoms with van der Waals surface area (Å²) in [6, 6.07) is 0. The second-order valence-corrected chi connectivity index (χ2v) is 3.90. The average Bonchev–Trinajstić information content (AvgIpc) is 2.33. The van der Waals surface area contributed by atoms with Gasteiger partial charge in [0.1, 0.15) is 0 Å². The summed E-state index contributed by atoms with van der Waals surface area (Å²) in [5.74, 6) is 0.414. The van der Waals surface area contributed by atoms with Gasteiger partial charge in [0.05, 0.1) is 0 Å². The highest BCUT2D eigenvalue weighted by Gasteiger charge is 2.09. The first-order valence-corrected chi connectivity index (χ1v) is 4.46. The molecule has 0 aliphatic heterocycles. The third kappa shape index (κ3) is 2.01. The van der Waals surface area contributed by atoms with Gasteiger partial charge >= 0.3 is 0 Å². The van der Waals surface area contributed by atoms with E-state index in [0.717, 1.165) is 4.88 Å². The lowest BCUT2D eigenvalue weighted by molar-refractivity contribution is 0.108. The van der Waals surface area contributed by atoms with Crippen LogP contribution in [0.4, 0.5) is 0 Å². The first-order chi connectivity index (χ1) is 5.11. The predicted octanol–water partition coefficient (Wildman–Crippen LogP) is 2.65. The molecular weight excluding hydrogens is 182 g/mol. The minimum atomic E-state index is -0.470. The quantitative estimate of drug-likeness (QED) is 0.670. The fraction of sp³-hybridized carbons (Fsp3) is 0.429. The first kappa shape index (κ1) is 8.68. The van der Waals surface area contributed by atoms with E-state index >= 15 is 0 Å². The Morgan fingerprint density at radius 2 is 2.36 bits per heavy atom. The zero-order chi connectivity index (χ0) is 8.43. The van der Waals surface area contributed by atoms with Gasteiger partial charge in [0.15, 0.2) is 5.01 Å². The molecule has 0 saturated carbocycles. The Balaban J connectivity index is 2.90. The zero-order valence-corrected chi connectivity index (χ0v) is 7.87. The van der Waals surface area contributed by atoms with Crippen molar-refractivity contribution in [2.45, 2.75) is 19.8 Å². The summed E-state index contributed by atoms with van der Waals surface area (Å²) in [5.41, 5.74) is 0. The van der Waals surface area contributed by atoms with Crippen LogP contribution in [0.15, 0.2) is 6.20 Å². The van der Waals surface area contributed by atoms with E-state index in [1.807, 2.05) is 0 Å². The number of hydrogen-bond acceptors (Lipinski definition) is 3. The van der Waals surface area contributed by atoms with Crippen molar-refractivity contribution in [3.63, 3.8) is 0 Å². The van der Waals surface area contributed by atoms with Gasteiger partial charge in [0, 0.05) is 11.1 Å². The summed E-state index contributed by atoms with van der Waals surface area (Å²) in [7, 11) is 0. The third-order valence-corrected chi connectivity index (χ3v) is 2.85. The van der Waals surface area contributed by atoms with E-state index in [0.29, 0.717) is 10.9 Å². The van der Waals surface area contributed by atoms with Gasteiger partial charge in [-0.3, -0.25) is 4.79 Å². The van der Waals surface area contributed by atoms with Crippen molar-refractivity contribution in [3.8, 4) is 0 Å². The molecule has 0 fully saturated rings. The summed E-state index contributed by atoms with van der Waals surface area (Å²) in [6.07, 6.45) is 1.70. The maximum absolute atomic E-state index is 10.6. The molecule has 0 N–H and O–H groups in total. The van der Waals surface area contributed by atoms with Crippen molar-refractivity contribution in [2.75, 3.05) is 0 Å². The molecule has 1 heterocycles. The molecule has 1 rings (SSSR count). The van der Waals surface area contributed by atoms with Crippen LogP contribution in [0, 0.1) is 0 Å². The van der Waals surface area contributed by atoms with Gasteiger partial charge in [-0.25, -0.2) is 4.98 Å². The van der Waals surface area contributed by atoms with Gasteiger partial charge in [-0.05, 0) is 17.5 Å². The van der Waals surface area contributed by atoms with E-state index in [9.17, 15) is 4.79 Å². The molecule has 0 saturated heterocycles. The van der Waals surface area contributed by atoms with E-state index in [1.54, 1.807) is 6.20 Å². The van der Waals surface area contributed by atoms with Crippen LogP contribution in [0.1, 0.15) is 34.4 Å². The molecule has 0 radical (unpaired) electrons. The minimum Gasteiger partial charge on any atom is -0.273 e. The average molecular weight is 190 g/mol. The van der Waals surface area contributed by atoms with E-state index < -0.39 is 5.24 Å². The summed E-state index contributed by atoms with van der Waals surface area (Å²) in [4.78, 5) is 15.6. The van der Waals surface area contributed by atoms with Crippen molar-refractivity contribution in [1.82, 2.24) is 4.98 Å². The molecule has 0 bridgehead atoms. The first-order valence-electron chi connectivity index (χ1n) is 3.27. The number of carbonyl (C=O) groups is 1. The lowest BCUT2D eigenvalue weighted by Gasteiger charge is -1.94. The molecule has 2 nitrogen and oxygen atoms in total. The fourth-order valence-corrected chi connectivity index (χ4v) is 1.56. The van der Waals surface area contributed by atoms with E-state index in [2.05, 4.69) is 18.8 Å². The predicted molar refractivity (Wildman–Crippen MR) is 46.4 cm³/mol. The molecule has 0 atom stereocenters. The Hall–Kier alpha value is -0.410. The number of nitrogens with zero attached hydrogens (tertiary/aromatic N) is 1. The van der Waals surface area contributed by atoms with Crippen LogP contribution in [-0.4, -0.2) is 10.2 Å². The largest absolute Gasteiger partial charge is 0.281 e. The maximum Gasteiger partial charge on any atom is 0.281 e. The summed E-state index contributed by atoms with van der Waals surface area (Å²) in [6.45, 7) is 4.10. The van der Waals surface area contributed by atoms with E-state index in [-0.39, 0.29) is 0 Å². The Labute approximate surface area is 74.2 Å². The third-order valence-electron chi connectivity index (χ3n) is 1.26. The molecule has 4 heteroatoms. The van der Waals surface area contributed by atoms with Crippen LogP contribution in [0.3, 0.4) is 0 Å².